The molecular weight excluding hydrogens is 371 g/mol. The molecule has 1 aromatic heterocycles. The van der Waals surface area contributed by atoms with Crippen LogP contribution in [0.3, 0.4) is 0 Å². The van der Waals surface area contributed by atoms with Crippen LogP contribution in [-0.2, 0) is 21.3 Å². The zero-order valence-corrected chi connectivity index (χ0v) is 15.6. The molecule has 4 nitrogen and oxygen atoms in total. The number of carbonyl (C=O) groups excluding carboxylic acids is 1. The first-order valence-corrected chi connectivity index (χ1v) is 10.2. The molecule has 134 valence electrons. The molecule has 0 spiro atoms. The maximum absolute atomic E-state index is 13.6. The number of hydrogen-bond acceptors (Lipinski definition) is 4. The maximum atomic E-state index is 13.6. The van der Waals surface area contributed by atoms with E-state index in [1.165, 1.54) is 23.5 Å². The second-order valence-corrected chi connectivity index (χ2v) is 8.26. The number of thiazole rings is 1. The van der Waals surface area contributed by atoms with Crippen LogP contribution in [0.15, 0.2) is 60.0 Å². The van der Waals surface area contributed by atoms with E-state index in [2.05, 4.69) is 10.3 Å². The van der Waals surface area contributed by atoms with E-state index in [0.29, 0.717) is 5.69 Å². The Hall–Kier alpha value is -2.38. The Morgan fingerprint density at radius 3 is 2.62 bits per heavy atom. The second kappa shape index (κ2) is 8.33. The van der Waals surface area contributed by atoms with Gasteiger partial charge < -0.3 is 5.32 Å². The number of anilines is 1. The number of aromatic nitrogens is 1. The monoisotopic (exact) mass is 388 g/mol. The van der Waals surface area contributed by atoms with Crippen LogP contribution in [0.4, 0.5) is 10.1 Å². The summed E-state index contributed by atoms with van der Waals surface area (Å²) in [5.74, 6) is -0.826. The first-order valence-electron chi connectivity index (χ1n) is 7.97. The van der Waals surface area contributed by atoms with E-state index in [1.807, 2.05) is 35.7 Å². The number of nitrogens with zero attached hydrogens (tertiary/aromatic N) is 1. The fourth-order valence-corrected chi connectivity index (χ4v) is 4.19. The Morgan fingerprint density at radius 1 is 1.19 bits per heavy atom. The van der Waals surface area contributed by atoms with Crippen molar-refractivity contribution in [2.45, 2.75) is 17.9 Å². The number of amides is 1. The number of benzene rings is 2. The van der Waals surface area contributed by atoms with Crippen molar-refractivity contribution in [2.24, 2.45) is 0 Å². The topological polar surface area (TPSA) is 59.1 Å². The van der Waals surface area contributed by atoms with Gasteiger partial charge in [-0.3, -0.25) is 9.00 Å². The van der Waals surface area contributed by atoms with E-state index in [9.17, 15) is 13.4 Å². The summed E-state index contributed by atoms with van der Waals surface area (Å²) in [5, 5.41) is 4.40. The van der Waals surface area contributed by atoms with E-state index < -0.39 is 27.8 Å². The zero-order chi connectivity index (χ0) is 18.5. The molecule has 1 amide bonds. The summed E-state index contributed by atoms with van der Waals surface area (Å²) in [5.41, 5.74) is 1.76. The summed E-state index contributed by atoms with van der Waals surface area (Å²) < 4.78 is 26.1. The molecule has 2 unspecified atom stereocenters. The number of hydrogen-bond donors (Lipinski definition) is 1. The maximum Gasteiger partial charge on any atom is 0.239 e. The van der Waals surface area contributed by atoms with Gasteiger partial charge in [0.05, 0.1) is 17.1 Å². The third-order valence-electron chi connectivity index (χ3n) is 3.76. The highest BCUT2D eigenvalue weighted by atomic mass is 32.2. The van der Waals surface area contributed by atoms with E-state index in [1.54, 1.807) is 19.1 Å². The summed E-state index contributed by atoms with van der Waals surface area (Å²) >= 11 is 1.47. The average molecular weight is 388 g/mol. The number of rotatable bonds is 6. The minimum absolute atomic E-state index is 0.0846. The van der Waals surface area contributed by atoms with Crippen molar-refractivity contribution in [1.29, 1.82) is 0 Å². The first kappa shape index (κ1) is 18.4. The molecule has 26 heavy (non-hydrogen) atoms. The molecule has 3 rings (SSSR count). The van der Waals surface area contributed by atoms with E-state index >= 15 is 0 Å². The zero-order valence-electron chi connectivity index (χ0n) is 14.0. The average Bonchev–Trinajstić information content (AvgIpc) is 3.12. The van der Waals surface area contributed by atoms with Crippen molar-refractivity contribution in [3.05, 3.63) is 71.5 Å². The normalized spacial score (nSPS) is 13.2. The highest BCUT2D eigenvalue weighted by molar-refractivity contribution is 7.85. The lowest BCUT2D eigenvalue weighted by Crippen LogP contribution is -2.30. The van der Waals surface area contributed by atoms with Crippen molar-refractivity contribution in [3.8, 4) is 10.6 Å². The highest BCUT2D eigenvalue weighted by Gasteiger charge is 2.22. The summed E-state index contributed by atoms with van der Waals surface area (Å²) in [6, 6.07) is 15.6. The predicted octanol–water partition coefficient (Wildman–Crippen LogP) is 4.23. The van der Waals surface area contributed by atoms with Gasteiger partial charge in [-0.15, -0.1) is 11.3 Å². The molecule has 3 aromatic rings. The van der Waals surface area contributed by atoms with Gasteiger partial charge in [0.15, 0.2) is 0 Å². The van der Waals surface area contributed by atoms with E-state index in [4.69, 9.17) is 0 Å². The smallest absolute Gasteiger partial charge is 0.239 e. The van der Waals surface area contributed by atoms with Crippen molar-refractivity contribution in [1.82, 2.24) is 4.98 Å². The van der Waals surface area contributed by atoms with Gasteiger partial charge in [0.25, 0.3) is 0 Å². The molecule has 0 radical (unpaired) electrons. The van der Waals surface area contributed by atoms with Crippen LogP contribution in [0.1, 0.15) is 12.6 Å². The second-order valence-electron chi connectivity index (χ2n) is 5.65. The molecule has 0 aliphatic carbocycles. The molecule has 7 heteroatoms. The lowest BCUT2D eigenvalue weighted by molar-refractivity contribution is -0.115. The van der Waals surface area contributed by atoms with Crippen molar-refractivity contribution >= 4 is 33.7 Å². The summed E-state index contributed by atoms with van der Waals surface area (Å²) in [4.78, 5) is 16.7. The van der Waals surface area contributed by atoms with Crippen LogP contribution in [0, 0.1) is 5.82 Å². The third kappa shape index (κ3) is 4.42. The minimum Gasteiger partial charge on any atom is -0.323 e. The van der Waals surface area contributed by atoms with Gasteiger partial charge in [-0.05, 0) is 19.1 Å². The Morgan fingerprint density at radius 2 is 1.88 bits per heavy atom. The van der Waals surface area contributed by atoms with Gasteiger partial charge in [-0.2, -0.15) is 0 Å². The van der Waals surface area contributed by atoms with Gasteiger partial charge in [0.1, 0.15) is 16.1 Å². The van der Waals surface area contributed by atoms with Crippen LogP contribution in [0.2, 0.25) is 0 Å². The van der Waals surface area contributed by atoms with Crippen LogP contribution >= 0.6 is 11.3 Å². The first-order chi connectivity index (χ1) is 12.5. The lowest BCUT2D eigenvalue weighted by Gasteiger charge is -2.12. The lowest BCUT2D eigenvalue weighted by atomic mass is 10.2. The van der Waals surface area contributed by atoms with Crippen LogP contribution in [0.25, 0.3) is 10.6 Å². The van der Waals surface area contributed by atoms with Gasteiger partial charge in [0, 0.05) is 21.7 Å². The Bertz CT molecular complexity index is 928. The van der Waals surface area contributed by atoms with Gasteiger partial charge in [-0.1, -0.05) is 42.5 Å². The van der Waals surface area contributed by atoms with Crippen LogP contribution in [-0.4, -0.2) is 20.3 Å². The van der Waals surface area contributed by atoms with E-state index in [-0.39, 0.29) is 11.4 Å². The number of halogens is 1. The fraction of sp³-hybridized carbons (Fsp3) is 0.158. The van der Waals surface area contributed by atoms with Crippen molar-refractivity contribution in [3.63, 3.8) is 0 Å². The molecule has 0 saturated carbocycles. The number of para-hydroxylation sites is 1. The predicted molar refractivity (Wildman–Crippen MR) is 104 cm³/mol. The molecule has 1 heterocycles. The van der Waals surface area contributed by atoms with Crippen LogP contribution < -0.4 is 5.32 Å². The van der Waals surface area contributed by atoms with Gasteiger partial charge >= 0.3 is 0 Å². The number of nitrogens with one attached hydrogen (secondary N) is 1. The van der Waals surface area contributed by atoms with Gasteiger partial charge in [-0.25, -0.2) is 9.37 Å². The summed E-state index contributed by atoms with van der Waals surface area (Å²) in [7, 11) is -1.46. The highest BCUT2D eigenvalue weighted by Crippen LogP contribution is 2.24. The van der Waals surface area contributed by atoms with Crippen molar-refractivity contribution < 1.29 is 13.4 Å². The van der Waals surface area contributed by atoms with Crippen molar-refractivity contribution in [2.75, 3.05) is 5.32 Å². The Labute approximate surface area is 157 Å². The van der Waals surface area contributed by atoms with Crippen LogP contribution in [0.5, 0.6) is 0 Å². The molecule has 0 saturated heterocycles. The molecule has 2 atom stereocenters. The number of carbonyl (C=O) groups is 1. The largest absolute Gasteiger partial charge is 0.323 e. The molecule has 0 bridgehead atoms. The third-order valence-corrected chi connectivity index (χ3v) is 6.28. The molecule has 2 aromatic carbocycles. The Balaban J connectivity index is 1.63. The molecular formula is C19H17FN2O2S2. The van der Waals surface area contributed by atoms with Gasteiger partial charge in [0.2, 0.25) is 5.91 Å². The van der Waals surface area contributed by atoms with E-state index in [0.717, 1.165) is 10.6 Å². The standard InChI is InChI=1S/C19H17FN2O2S2/c1-13(18(23)22-17-10-6-5-9-16(17)20)26(24)12-15-11-25-19(21-15)14-7-3-2-4-8-14/h2-11,13H,12H2,1H3,(H,22,23). The fourth-order valence-electron chi connectivity index (χ4n) is 2.27. The quantitative estimate of drug-likeness (QED) is 0.688. The molecule has 0 aliphatic rings. The molecule has 0 fully saturated rings. The summed E-state index contributed by atoms with van der Waals surface area (Å²) in [6.45, 7) is 1.57. The Kier molecular flexibility index (Phi) is 5.90. The minimum atomic E-state index is -1.46. The molecule has 0 aliphatic heterocycles. The summed E-state index contributed by atoms with van der Waals surface area (Å²) in [6.07, 6.45) is 0. The molecule has 1 N–H and O–H groups in total. The SMILES string of the molecule is CC(C(=O)Nc1ccccc1F)S(=O)Cc1csc(-c2ccccc2)n1.